The number of benzene rings is 2. The van der Waals surface area contributed by atoms with Crippen molar-refractivity contribution < 1.29 is 69.4 Å². The predicted octanol–water partition coefficient (Wildman–Crippen LogP) is 5.86. The number of nitro groups is 1. The average Bonchev–Trinajstić information content (AvgIpc) is 3.71. The smallest absolute Gasteiger partial charge is 0.445 e. The van der Waals surface area contributed by atoms with E-state index in [-0.39, 0.29) is 38.3 Å². The molecule has 0 aliphatic heterocycles. The van der Waals surface area contributed by atoms with Gasteiger partial charge in [0, 0.05) is 11.7 Å². The number of hydrogen-bond acceptors (Lipinski definition) is 13. The lowest BCUT2D eigenvalue weighted by Gasteiger charge is -2.26. The summed E-state index contributed by atoms with van der Waals surface area (Å²) in [5.41, 5.74) is 4.23. The number of aromatic nitrogens is 4. The van der Waals surface area contributed by atoms with Crippen LogP contribution in [0.1, 0.15) is 24.4 Å². The van der Waals surface area contributed by atoms with Gasteiger partial charge in [0.25, 0.3) is 11.1 Å². The molecule has 1 unspecified atom stereocenters. The third kappa shape index (κ3) is 18.7. The summed E-state index contributed by atoms with van der Waals surface area (Å²) >= 11 is 11.7. The second-order valence-electron chi connectivity index (χ2n) is 11.7. The Bertz CT molecular complexity index is 2050. The fourth-order valence-corrected chi connectivity index (χ4v) is 5.42. The Morgan fingerprint density at radius 1 is 1.08 bits per heavy atom. The van der Waals surface area contributed by atoms with E-state index in [1.165, 1.54) is 29.2 Å². The molecular weight excluding hydrogens is 915 g/mol. The second kappa shape index (κ2) is 22.9. The number of nitrogens with one attached hydrogen (secondary N) is 1. The standard InChI is InChI=1S/C14H13F4N3O2S.C10H5Cl2F3N4O2.C3H8NO5P.C3H9S/c1-8(2)21(10-5-3-9(15)4-6-10)11(22)7-23-13-20-19-12(24-13)14(16,17)18;11-5-1-4(10(13,14)15)2-6(12)8(5)18-9(16)7(3-17-18)19(20)21;5-3(6)1-4-2-10(7,8)9;1-4(2)3/h3-6,8H,7H2,1-2H3;1-3H,16H2;4H,1-2H2,(H,5,6)(H2,7,8,9);1-3H3/q;;;+1/p-1. The van der Waals surface area contributed by atoms with Crippen LogP contribution in [0.4, 0.5) is 47.9 Å². The van der Waals surface area contributed by atoms with Gasteiger partial charge >= 0.3 is 24.0 Å². The van der Waals surface area contributed by atoms with Crippen molar-refractivity contribution in [2.75, 3.05) is 48.8 Å². The Morgan fingerprint density at radius 3 is 2.00 bits per heavy atom. The highest BCUT2D eigenvalue weighted by molar-refractivity contribution is 7.94. The van der Waals surface area contributed by atoms with Crippen molar-refractivity contribution in [1.29, 1.82) is 0 Å². The van der Waals surface area contributed by atoms with E-state index in [1.807, 2.05) is 5.32 Å². The van der Waals surface area contributed by atoms with E-state index in [4.69, 9.17) is 43.7 Å². The molecule has 59 heavy (non-hydrogen) atoms. The van der Waals surface area contributed by atoms with Crippen LogP contribution in [-0.4, -0.2) is 91.0 Å². The van der Waals surface area contributed by atoms with Crippen molar-refractivity contribution in [2.45, 2.75) is 32.2 Å². The van der Waals surface area contributed by atoms with Crippen LogP contribution < -0.4 is 25.6 Å². The molecule has 0 spiro atoms. The zero-order chi connectivity index (χ0) is 45.6. The number of carbonyl (C=O) groups is 2. The molecule has 4 aromatic rings. The normalized spacial score (nSPS) is 12.2. The van der Waals surface area contributed by atoms with E-state index in [2.05, 4.69) is 34.1 Å². The lowest BCUT2D eigenvalue weighted by Crippen LogP contribution is -2.40. The van der Waals surface area contributed by atoms with Gasteiger partial charge < -0.3 is 34.8 Å². The van der Waals surface area contributed by atoms with Crippen LogP contribution >= 0.6 is 42.1 Å². The lowest BCUT2D eigenvalue weighted by molar-refractivity contribution is -0.383. The topological polar surface area (TPSA) is 252 Å². The Balaban J connectivity index is 0.000000452. The predicted molar refractivity (Wildman–Crippen MR) is 205 cm³/mol. The molecule has 0 bridgehead atoms. The molecule has 1 amide bonds. The quantitative estimate of drug-likeness (QED) is 0.0452. The van der Waals surface area contributed by atoms with Crippen LogP contribution in [-0.2, 0) is 37.4 Å². The van der Waals surface area contributed by atoms with Crippen LogP contribution in [0.2, 0.25) is 10.0 Å². The molecule has 2 aromatic carbocycles. The molecule has 17 nitrogen and oxygen atoms in total. The molecule has 0 saturated carbocycles. The first kappa shape index (κ1) is 52.7. The largest absolute Gasteiger partial charge is 0.778 e. The Morgan fingerprint density at radius 2 is 1.61 bits per heavy atom. The van der Waals surface area contributed by atoms with Gasteiger partial charge in [0.15, 0.2) is 6.61 Å². The number of anilines is 2. The number of nitrogens with zero attached hydrogens (tertiary/aromatic N) is 6. The van der Waals surface area contributed by atoms with Gasteiger partial charge in [-0.2, -0.15) is 31.4 Å². The van der Waals surface area contributed by atoms with E-state index in [9.17, 15) is 59.9 Å². The Hall–Kier alpha value is -4.30. The maximum absolute atomic E-state index is 13.0. The van der Waals surface area contributed by atoms with Gasteiger partial charge in [-0.3, -0.25) is 25.0 Å². The molecule has 29 heteroatoms. The Kier molecular flexibility index (Phi) is 20.5. The fourth-order valence-electron chi connectivity index (χ4n) is 3.81. The van der Waals surface area contributed by atoms with Gasteiger partial charge in [0.05, 0.1) is 52.1 Å². The molecule has 0 aliphatic rings. The van der Waals surface area contributed by atoms with E-state index >= 15 is 0 Å². The van der Waals surface area contributed by atoms with Crippen LogP contribution in [0.15, 0.2) is 42.6 Å². The third-order valence-corrected chi connectivity index (χ3v) is 8.06. The minimum Gasteiger partial charge on any atom is -0.778 e. The number of rotatable bonds is 11. The summed E-state index contributed by atoms with van der Waals surface area (Å²) in [6.07, 6.45) is -2.52. The first-order chi connectivity index (χ1) is 27.0. The highest BCUT2D eigenvalue weighted by Crippen LogP contribution is 2.39. The van der Waals surface area contributed by atoms with Crippen LogP contribution in [0.3, 0.4) is 0 Å². The molecule has 0 radical (unpaired) electrons. The second-order valence-corrected chi connectivity index (χ2v) is 17.5. The monoisotopic (exact) mass is 948 g/mol. The average molecular weight is 950 g/mol. The van der Waals surface area contributed by atoms with Crippen molar-refractivity contribution >= 4 is 82.1 Å². The van der Waals surface area contributed by atoms with E-state index in [0.717, 1.165) is 10.9 Å². The summed E-state index contributed by atoms with van der Waals surface area (Å²) in [4.78, 5) is 51.3. The maximum Gasteiger partial charge on any atom is 0.445 e. The van der Waals surface area contributed by atoms with Crippen LogP contribution in [0.25, 0.3) is 5.69 Å². The Labute approximate surface area is 346 Å². The van der Waals surface area contributed by atoms with Gasteiger partial charge in [-0.1, -0.05) is 39.6 Å². The third-order valence-electron chi connectivity index (χ3n) is 5.98. The molecule has 0 aliphatic carbocycles. The van der Waals surface area contributed by atoms with Crippen LogP contribution in [0.5, 0.6) is 5.19 Å². The number of amides is 1. The summed E-state index contributed by atoms with van der Waals surface area (Å²) in [5, 5.41) is 28.2. The van der Waals surface area contributed by atoms with E-state index in [1.54, 1.807) is 13.8 Å². The van der Waals surface area contributed by atoms with E-state index in [0.29, 0.717) is 28.7 Å². The minimum absolute atomic E-state index is 0.170. The number of carboxylic acids is 1. The van der Waals surface area contributed by atoms with Gasteiger partial charge in [-0.25, -0.2) is 9.07 Å². The van der Waals surface area contributed by atoms with Gasteiger partial charge in [0.1, 0.15) is 25.3 Å². The fraction of sp³-hybridized carbons (Fsp3) is 0.367. The highest BCUT2D eigenvalue weighted by Gasteiger charge is 2.36. The number of alkyl halides is 6. The molecule has 2 heterocycles. The van der Waals surface area contributed by atoms with Crippen molar-refractivity contribution in [3.05, 3.63) is 79.1 Å². The lowest BCUT2D eigenvalue weighted by atomic mass is 10.2. The molecule has 328 valence electrons. The number of halogens is 9. The molecule has 0 fully saturated rings. The summed E-state index contributed by atoms with van der Waals surface area (Å²) in [5.74, 6) is -2.52. The van der Waals surface area contributed by atoms with Crippen molar-refractivity contribution in [1.82, 2.24) is 25.3 Å². The number of ether oxygens (including phenoxy) is 1. The van der Waals surface area contributed by atoms with E-state index < -0.39 is 84.1 Å². The number of nitrogen functional groups attached to an aromatic ring is 1. The zero-order valence-corrected chi connectivity index (χ0v) is 35.0. The van der Waals surface area contributed by atoms with Gasteiger partial charge in [-0.05, 0) is 61.1 Å². The summed E-state index contributed by atoms with van der Waals surface area (Å²) in [6.45, 7) is 2.50. The minimum atomic E-state index is -4.63. The van der Waals surface area contributed by atoms with Gasteiger partial charge in [0.2, 0.25) is 10.8 Å². The summed E-state index contributed by atoms with van der Waals surface area (Å²) in [6, 6.07) is 6.29. The number of nitrogens with two attached hydrogens (primary N) is 1. The number of carboxylic acid groups (broad SMARTS) is 1. The van der Waals surface area contributed by atoms with Gasteiger partial charge in [-0.15, -0.1) is 5.10 Å². The number of hydrogen-bond donors (Lipinski definition) is 4. The first-order valence-electron chi connectivity index (χ1n) is 15.6. The molecule has 0 saturated heterocycles. The molecular formula is C30H34Cl2F7N8O9PS2. The highest BCUT2D eigenvalue weighted by atomic mass is 35.5. The van der Waals surface area contributed by atoms with Crippen molar-refractivity contribution in [2.24, 2.45) is 0 Å². The molecule has 1 atom stereocenters. The molecule has 2 aromatic heterocycles. The first-order valence-corrected chi connectivity index (χ1v) is 21.3. The van der Waals surface area contributed by atoms with Crippen molar-refractivity contribution in [3.8, 4) is 10.9 Å². The summed E-state index contributed by atoms with van der Waals surface area (Å²) in [7, 11) is -3.71. The molecule has 5 N–H and O–H groups in total. The maximum atomic E-state index is 13.0. The van der Waals surface area contributed by atoms with Crippen molar-refractivity contribution in [3.63, 3.8) is 0 Å². The number of aliphatic carboxylic acids is 1. The zero-order valence-electron chi connectivity index (χ0n) is 30.9. The molecule has 4 rings (SSSR count). The van der Waals surface area contributed by atoms with Crippen LogP contribution in [0, 0.1) is 15.9 Å². The number of carbonyl (C=O) groups excluding carboxylic acids is 1. The summed E-state index contributed by atoms with van der Waals surface area (Å²) < 4.78 is 104. The SMILES string of the molecule is CC(C)N(C(=O)COc1nnc(C(F)(F)F)s1)c1ccc(F)cc1.C[S+](C)C.Nc1c([N+](=O)[O-])cnn1-c1c(Cl)cc(C(F)(F)F)cc1Cl.O=C(O)CNCP(=O)([O-])O.